The highest BCUT2D eigenvalue weighted by atomic mass is 35.5. The molecule has 1 aromatic carbocycles. The highest BCUT2D eigenvalue weighted by Crippen LogP contribution is 2.27. The van der Waals surface area contributed by atoms with Crippen LogP contribution in [0.3, 0.4) is 0 Å². The zero-order valence-electron chi connectivity index (χ0n) is 10.7. The van der Waals surface area contributed by atoms with Gasteiger partial charge in [0.1, 0.15) is 0 Å². The highest BCUT2D eigenvalue weighted by molar-refractivity contribution is 8.14. The molecule has 1 aliphatic rings. The van der Waals surface area contributed by atoms with Crippen molar-refractivity contribution in [1.29, 1.82) is 0 Å². The summed E-state index contributed by atoms with van der Waals surface area (Å²) in [7, 11) is 0. The summed E-state index contributed by atoms with van der Waals surface area (Å²) in [6.07, 6.45) is 2.24. The molecule has 1 heterocycles. The molecular formula is C13H14Cl2N2OS2. The lowest BCUT2D eigenvalue weighted by Gasteiger charge is -2.21. The van der Waals surface area contributed by atoms with Crippen LogP contribution in [0.4, 0.5) is 10.5 Å². The summed E-state index contributed by atoms with van der Waals surface area (Å²) in [4.78, 5) is 17.8. The molecule has 0 unspecified atom stereocenters. The van der Waals surface area contributed by atoms with Gasteiger partial charge in [-0.3, -0.25) is 14.7 Å². The van der Waals surface area contributed by atoms with Crippen molar-refractivity contribution in [2.75, 3.05) is 23.7 Å². The maximum atomic E-state index is 11.8. The number of carbonyl (C=O) groups is 1. The number of benzene rings is 1. The average molecular weight is 349 g/mol. The molecule has 7 heteroatoms. The fourth-order valence-corrected chi connectivity index (χ4v) is 3.54. The standard InChI is InChI=1S/C13H14Cl2N2OS2/c14-9-5-10(15)7-11(6-9)17(13(18)19)8-12-16-3-1-2-4-20-12/h5-7H,1-4,8H2,(H,18,19). The van der Waals surface area contributed by atoms with Crippen molar-refractivity contribution in [3.05, 3.63) is 28.2 Å². The lowest BCUT2D eigenvalue weighted by Crippen LogP contribution is -2.31. The van der Waals surface area contributed by atoms with Gasteiger partial charge in [0.2, 0.25) is 0 Å². The van der Waals surface area contributed by atoms with E-state index >= 15 is 0 Å². The van der Waals surface area contributed by atoms with Crippen molar-refractivity contribution >= 4 is 63.6 Å². The number of aliphatic imine (C=N–C) groups is 1. The Morgan fingerprint density at radius 2 is 2.00 bits per heavy atom. The highest BCUT2D eigenvalue weighted by Gasteiger charge is 2.17. The molecule has 0 N–H and O–H groups in total. The number of carbonyl (C=O) groups excluding carboxylic acids is 1. The van der Waals surface area contributed by atoms with Crippen LogP contribution in [-0.4, -0.2) is 29.1 Å². The molecule has 0 saturated carbocycles. The second-order valence-electron chi connectivity index (χ2n) is 4.33. The van der Waals surface area contributed by atoms with E-state index in [4.69, 9.17) is 23.2 Å². The molecule has 20 heavy (non-hydrogen) atoms. The monoisotopic (exact) mass is 348 g/mol. The van der Waals surface area contributed by atoms with Gasteiger partial charge < -0.3 is 0 Å². The van der Waals surface area contributed by atoms with E-state index in [0.29, 0.717) is 22.3 Å². The average Bonchev–Trinajstić information content (AvgIpc) is 2.62. The summed E-state index contributed by atoms with van der Waals surface area (Å²) < 4.78 is 0. The molecular weight excluding hydrogens is 335 g/mol. The summed E-state index contributed by atoms with van der Waals surface area (Å²) in [6, 6.07) is 5.03. The third kappa shape index (κ3) is 4.58. The number of anilines is 1. The van der Waals surface area contributed by atoms with Crippen LogP contribution < -0.4 is 4.90 Å². The second kappa shape index (κ2) is 7.59. The van der Waals surface area contributed by atoms with Gasteiger partial charge in [0.15, 0.2) is 0 Å². The Balaban J connectivity index is 2.22. The summed E-state index contributed by atoms with van der Waals surface area (Å²) in [5.74, 6) is 1.03. The van der Waals surface area contributed by atoms with Crippen molar-refractivity contribution < 1.29 is 4.79 Å². The lowest BCUT2D eigenvalue weighted by molar-refractivity contribution is 0.266. The van der Waals surface area contributed by atoms with Crippen LogP contribution in [0.5, 0.6) is 0 Å². The van der Waals surface area contributed by atoms with Crippen molar-refractivity contribution in [3.63, 3.8) is 0 Å². The topological polar surface area (TPSA) is 32.7 Å². The van der Waals surface area contributed by atoms with Gasteiger partial charge >= 0.3 is 0 Å². The summed E-state index contributed by atoms with van der Waals surface area (Å²) in [5.41, 5.74) is 0.634. The third-order valence-corrected chi connectivity index (χ3v) is 4.55. The Labute approximate surface area is 138 Å². The van der Waals surface area contributed by atoms with E-state index in [1.807, 2.05) is 0 Å². The molecule has 108 valence electrons. The number of hydrogen-bond donors (Lipinski definition) is 1. The molecule has 3 nitrogen and oxygen atoms in total. The van der Waals surface area contributed by atoms with Crippen LogP contribution in [0.25, 0.3) is 0 Å². The van der Waals surface area contributed by atoms with E-state index in [-0.39, 0.29) is 5.24 Å². The molecule has 1 amide bonds. The lowest BCUT2D eigenvalue weighted by atomic mass is 10.3. The molecule has 0 spiro atoms. The number of thioether (sulfide) groups is 1. The van der Waals surface area contributed by atoms with E-state index in [9.17, 15) is 4.79 Å². The Bertz CT molecular complexity index is 517. The maximum absolute atomic E-state index is 11.8. The molecule has 0 saturated heterocycles. The Hall–Kier alpha value is -0.360. The van der Waals surface area contributed by atoms with E-state index in [1.165, 1.54) is 4.90 Å². The van der Waals surface area contributed by atoms with Gasteiger partial charge in [-0.15, -0.1) is 11.8 Å². The van der Waals surface area contributed by atoms with Crippen LogP contribution in [0.15, 0.2) is 23.2 Å². The predicted octanol–water partition coefficient (Wildman–Crippen LogP) is 4.78. The van der Waals surface area contributed by atoms with Crippen LogP contribution in [0.2, 0.25) is 10.0 Å². The van der Waals surface area contributed by atoms with E-state index in [2.05, 4.69) is 17.6 Å². The molecule has 0 fully saturated rings. The van der Waals surface area contributed by atoms with Crippen LogP contribution >= 0.6 is 47.6 Å². The number of halogens is 2. The third-order valence-electron chi connectivity index (χ3n) is 2.79. The fraction of sp³-hybridized carbons (Fsp3) is 0.385. The number of rotatable bonds is 3. The van der Waals surface area contributed by atoms with Crippen LogP contribution in [-0.2, 0) is 0 Å². The van der Waals surface area contributed by atoms with E-state index < -0.39 is 0 Å². The fourth-order valence-electron chi connectivity index (χ4n) is 1.85. The largest absolute Gasteiger partial charge is 0.297 e. The SMILES string of the molecule is O=C(S)N(CC1=NCCCCS1)c1cc(Cl)cc(Cl)c1. The van der Waals surface area contributed by atoms with Crippen molar-refractivity contribution in [1.82, 2.24) is 0 Å². The molecule has 0 bridgehead atoms. The molecule has 1 aliphatic heterocycles. The molecule has 1 aromatic rings. The number of nitrogens with zero attached hydrogens (tertiary/aromatic N) is 2. The first-order valence-corrected chi connectivity index (χ1v) is 8.38. The molecule has 2 rings (SSSR count). The number of thiol groups is 1. The molecule has 0 aromatic heterocycles. The van der Waals surface area contributed by atoms with Crippen LogP contribution in [0, 0.1) is 0 Å². The van der Waals surface area contributed by atoms with E-state index in [1.54, 1.807) is 30.0 Å². The minimum absolute atomic E-state index is 0.351. The summed E-state index contributed by atoms with van der Waals surface area (Å²) >= 11 is 17.6. The molecule has 0 radical (unpaired) electrons. The summed E-state index contributed by atoms with van der Waals surface area (Å²) in [5, 5.41) is 1.57. The normalized spacial score (nSPS) is 15.4. The Kier molecular flexibility index (Phi) is 6.08. The van der Waals surface area contributed by atoms with Crippen molar-refractivity contribution in [2.24, 2.45) is 4.99 Å². The second-order valence-corrected chi connectivity index (χ2v) is 6.75. The first kappa shape index (κ1) is 16.0. The molecule has 0 atom stereocenters. The minimum Gasteiger partial charge on any atom is -0.297 e. The van der Waals surface area contributed by atoms with Gasteiger partial charge in [-0.2, -0.15) is 0 Å². The number of amides is 1. The maximum Gasteiger partial charge on any atom is 0.283 e. The Morgan fingerprint density at radius 1 is 1.30 bits per heavy atom. The van der Waals surface area contributed by atoms with Crippen molar-refractivity contribution in [2.45, 2.75) is 12.8 Å². The first-order chi connectivity index (χ1) is 9.56. The zero-order valence-corrected chi connectivity index (χ0v) is 13.9. The number of hydrogen-bond acceptors (Lipinski definition) is 3. The van der Waals surface area contributed by atoms with Gasteiger partial charge in [-0.05, 0) is 36.8 Å². The zero-order chi connectivity index (χ0) is 14.5. The quantitative estimate of drug-likeness (QED) is 0.797. The Morgan fingerprint density at radius 3 is 2.65 bits per heavy atom. The van der Waals surface area contributed by atoms with Crippen LogP contribution in [0.1, 0.15) is 12.8 Å². The smallest absolute Gasteiger partial charge is 0.283 e. The van der Waals surface area contributed by atoms with Gasteiger partial charge in [0, 0.05) is 22.3 Å². The van der Waals surface area contributed by atoms with Gasteiger partial charge in [-0.1, -0.05) is 35.8 Å². The van der Waals surface area contributed by atoms with Gasteiger partial charge in [0.05, 0.1) is 11.6 Å². The van der Waals surface area contributed by atoms with Gasteiger partial charge in [-0.25, -0.2) is 0 Å². The van der Waals surface area contributed by atoms with Crippen molar-refractivity contribution in [3.8, 4) is 0 Å². The first-order valence-electron chi connectivity index (χ1n) is 6.19. The van der Waals surface area contributed by atoms with Gasteiger partial charge in [0.25, 0.3) is 5.24 Å². The minimum atomic E-state index is -0.351. The summed E-state index contributed by atoms with van der Waals surface area (Å²) in [6.45, 7) is 1.22. The molecule has 0 aliphatic carbocycles. The van der Waals surface area contributed by atoms with E-state index in [0.717, 1.165) is 30.2 Å². The predicted molar refractivity (Wildman–Crippen MR) is 92.2 cm³/mol.